The minimum Gasteiger partial charge on any atom is -0.328 e. The van der Waals surface area contributed by atoms with Crippen LogP contribution in [0.15, 0.2) is 0 Å². The number of likely N-dealkylation sites (tertiary alicyclic amines) is 1. The first kappa shape index (κ1) is 9.47. The van der Waals surface area contributed by atoms with E-state index in [2.05, 4.69) is 11.8 Å². The summed E-state index contributed by atoms with van der Waals surface area (Å²) in [5, 5.41) is 0. The van der Waals surface area contributed by atoms with Crippen molar-refractivity contribution in [3.63, 3.8) is 0 Å². The Hall–Kier alpha value is -0.0800. The van der Waals surface area contributed by atoms with Crippen LogP contribution in [0, 0.1) is 5.92 Å². The normalized spacial score (nSPS) is 36.5. The van der Waals surface area contributed by atoms with Crippen LogP contribution in [0.4, 0.5) is 0 Å². The number of nitrogens with two attached hydrogens (primary N) is 1. The van der Waals surface area contributed by atoms with Crippen LogP contribution < -0.4 is 5.73 Å². The lowest BCUT2D eigenvalue weighted by Gasteiger charge is -2.36. The maximum atomic E-state index is 5.93. The zero-order chi connectivity index (χ0) is 9.26. The minimum atomic E-state index is 0.465. The van der Waals surface area contributed by atoms with E-state index in [1.165, 1.54) is 45.2 Å². The third-order valence-electron chi connectivity index (χ3n) is 3.58. The molecule has 0 bridgehead atoms. The molecule has 1 saturated heterocycles. The summed E-state index contributed by atoms with van der Waals surface area (Å²) in [5.41, 5.74) is 5.93. The third kappa shape index (κ3) is 2.68. The molecule has 1 saturated carbocycles. The largest absolute Gasteiger partial charge is 0.328 e. The Balaban J connectivity index is 1.71. The molecule has 2 nitrogen and oxygen atoms in total. The van der Waals surface area contributed by atoms with Gasteiger partial charge in [0.05, 0.1) is 0 Å². The fourth-order valence-corrected chi connectivity index (χ4v) is 2.34. The zero-order valence-electron chi connectivity index (χ0n) is 8.71. The van der Waals surface area contributed by atoms with E-state index in [0.717, 1.165) is 12.0 Å². The second-order valence-electron chi connectivity index (χ2n) is 4.90. The lowest BCUT2D eigenvalue weighted by molar-refractivity contribution is 0.144. The second-order valence-corrected chi connectivity index (χ2v) is 4.90. The molecule has 0 spiro atoms. The van der Waals surface area contributed by atoms with Crippen molar-refractivity contribution in [3.8, 4) is 0 Å². The molecule has 2 N–H and O–H groups in total. The molecule has 2 unspecified atom stereocenters. The molecule has 2 atom stereocenters. The van der Waals surface area contributed by atoms with Crippen LogP contribution >= 0.6 is 0 Å². The second kappa shape index (κ2) is 3.97. The summed E-state index contributed by atoms with van der Waals surface area (Å²) < 4.78 is 0. The van der Waals surface area contributed by atoms with Gasteiger partial charge in [0.2, 0.25) is 0 Å². The van der Waals surface area contributed by atoms with Crippen LogP contribution in [0.3, 0.4) is 0 Å². The Morgan fingerprint density at radius 1 is 1.31 bits per heavy atom. The lowest BCUT2D eigenvalue weighted by atomic mass is 9.99. The highest BCUT2D eigenvalue weighted by Gasteiger charge is 2.26. The third-order valence-corrected chi connectivity index (χ3v) is 3.58. The molecular formula is C11H22N2. The fourth-order valence-electron chi connectivity index (χ4n) is 2.34. The monoisotopic (exact) mass is 182 g/mol. The Morgan fingerprint density at radius 2 is 2.08 bits per heavy atom. The number of rotatable bonds is 3. The van der Waals surface area contributed by atoms with E-state index >= 15 is 0 Å². The highest BCUT2D eigenvalue weighted by molar-refractivity contribution is 4.82. The highest BCUT2D eigenvalue weighted by Crippen LogP contribution is 2.33. The van der Waals surface area contributed by atoms with Crippen molar-refractivity contribution in [3.05, 3.63) is 0 Å². The van der Waals surface area contributed by atoms with Gasteiger partial charge in [-0.25, -0.2) is 0 Å². The molecule has 0 aromatic carbocycles. The van der Waals surface area contributed by atoms with Gasteiger partial charge < -0.3 is 10.6 Å². The summed E-state index contributed by atoms with van der Waals surface area (Å²) in [5.74, 6) is 1.07. The van der Waals surface area contributed by atoms with E-state index in [9.17, 15) is 0 Å². The zero-order valence-corrected chi connectivity index (χ0v) is 8.71. The molecule has 76 valence electrons. The maximum Gasteiger partial charge on any atom is 0.00816 e. The Bertz CT molecular complexity index is 165. The Morgan fingerprint density at radius 3 is 2.69 bits per heavy atom. The van der Waals surface area contributed by atoms with Crippen LogP contribution in [-0.2, 0) is 0 Å². The van der Waals surface area contributed by atoms with Gasteiger partial charge in [-0.05, 0) is 45.2 Å². The summed E-state index contributed by atoms with van der Waals surface area (Å²) >= 11 is 0. The van der Waals surface area contributed by atoms with Crippen LogP contribution in [0.5, 0.6) is 0 Å². The first-order valence-electron chi connectivity index (χ1n) is 5.75. The molecule has 0 aromatic rings. The lowest BCUT2D eigenvalue weighted by Crippen LogP contribution is -2.45. The first-order chi connectivity index (χ1) is 6.25. The molecule has 2 rings (SSSR count). The van der Waals surface area contributed by atoms with E-state index in [-0.39, 0.29) is 0 Å². The van der Waals surface area contributed by atoms with Gasteiger partial charge in [0.15, 0.2) is 0 Å². The van der Waals surface area contributed by atoms with E-state index in [4.69, 9.17) is 5.73 Å². The Labute approximate surface area is 81.5 Å². The summed E-state index contributed by atoms with van der Waals surface area (Å²) in [4.78, 5) is 2.63. The van der Waals surface area contributed by atoms with Crippen molar-refractivity contribution in [2.75, 3.05) is 13.1 Å². The van der Waals surface area contributed by atoms with Gasteiger partial charge in [-0.15, -0.1) is 0 Å². The fraction of sp³-hybridized carbons (Fsp3) is 1.00. The van der Waals surface area contributed by atoms with Crippen LogP contribution in [0.25, 0.3) is 0 Å². The molecule has 0 aromatic heterocycles. The van der Waals surface area contributed by atoms with Gasteiger partial charge in [0.25, 0.3) is 0 Å². The highest BCUT2D eigenvalue weighted by atomic mass is 15.2. The first-order valence-corrected chi connectivity index (χ1v) is 5.75. The molecule has 1 heterocycles. The number of piperidine rings is 1. The van der Waals surface area contributed by atoms with Crippen LogP contribution in [0.2, 0.25) is 0 Å². The summed E-state index contributed by atoms with van der Waals surface area (Å²) in [6.45, 7) is 4.87. The van der Waals surface area contributed by atoms with Gasteiger partial charge >= 0.3 is 0 Å². The van der Waals surface area contributed by atoms with Crippen molar-refractivity contribution < 1.29 is 0 Å². The molecule has 13 heavy (non-hydrogen) atoms. The summed E-state index contributed by atoms with van der Waals surface area (Å²) in [7, 11) is 0. The van der Waals surface area contributed by atoms with E-state index in [0.29, 0.717) is 6.04 Å². The smallest absolute Gasteiger partial charge is 0.00816 e. The molecule has 2 heteroatoms. The molecule has 0 radical (unpaired) electrons. The Kier molecular flexibility index (Phi) is 2.89. The number of hydrogen-bond acceptors (Lipinski definition) is 2. The van der Waals surface area contributed by atoms with Gasteiger partial charge in [-0.2, -0.15) is 0 Å². The van der Waals surface area contributed by atoms with E-state index in [1.54, 1.807) is 0 Å². The van der Waals surface area contributed by atoms with Crippen molar-refractivity contribution in [1.29, 1.82) is 0 Å². The molecule has 0 amide bonds. The minimum absolute atomic E-state index is 0.465. The standard InChI is InChI=1S/C11H22N2/c1-9-8-11(12)5-7-13(9)6-4-10-2-3-10/h9-11H,2-8,12H2,1H3. The molecular weight excluding hydrogens is 160 g/mol. The van der Waals surface area contributed by atoms with Crippen molar-refractivity contribution >= 4 is 0 Å². The van der Waals surface area contributed by atoms with Crippen molar-refractivity contribution in [1.82, 2.24) is 4.90 Å². The summed E-state index contributed by atoms with van der Waals surface area (Å²) in [6, 6.07) is 1.19. The predicted octanol–water partition coefficient (Wildman–Crippen LogP) is 1.60. The van der Waals surface area contributed by atoms with Gasteiger partial charge in [-0.1, -0.05) is 12.8 Å². The van der Waals surface area contributed by atoms with Crippen LogP contribution in [-0.4, -0.2) is 30.1 Å². The summed E-state index contributed by atoms with van der Waals surface area (Å²) in [6.07, 6.45) is 6.81. The number of hydrogen-bond donors (Lipinski definition) is 1. The molecule has 1 aliphatic heterocycles. The topological polar surface area (TPSA) is 29.3 Å². The maximum absolute atomic E-state index is 5.93. The SMILES string of the molecule is CC1CC(N)CCN1CCC1CC1. The average molecular weight is 182 g/mol. The molecule has 2 aliphatic rings. The van der Waals surface area contributed by atoms with E-state index in [1.807, 2.05) is 0 Å². The molecule has 1 aliphatic carbocycles. The van der Waals surface area contributed by atoms with Gasteiger partial charge in [0.1, 0.15) is 0 Å². The van der Waals surface area contributed by atoms with Gasteiger partial charge in [-0.3, -0.25) is 0 Å². The van der Waals surface area contributed by atoms with Crippen molar-refractivity contribution in [2.24, 2.45) is 11.7 Å². The predicted molar refractivity (Wildman–Crippen MR) is 55.6 cm³/mol. The number of nitrogens with zero attached hydrogens (tertiary/aromatic N) is 1. The average Bonchev–Trinajstić information content (AvgIpc) is 2.86. The quantitative estimate of drug-likeness (QED) is 0.718. The van der Waals surface area contributed by atoms with Crippen molar-refractivity contribution in [2.45, 2.75) is 51.1 Å². The van der Waals surface area contributed by atoms with Crippen LogP contribution in [0.1, 0.15) is 39.0 Å². The van der Waals surface area contributed by atoms with E-state index < -0.39 is 0 Å². The molecule has 2 fully saturated rings. The van der Waals surface area contributed by atoms with Gasteiger partial charge in [0, 0.05) is 12.1 Å².